The second kappa shape index (κ2) is 15.7. The van der Waals surface area contributed by atoms with Gasteiger partial charge in [-0.3, -0.25) is 0 Å². The molecule has 0 aliphatic heterocycles. The quantitative estimate of drug-likeness (QED) is 0.153. The molecule has 0 aliphatic rings. The van der Waals surface area contributed by atoms with Crippen LogP contribution in [-0.2, 0) is 0 Å². The first kappa shape index (κ1) is 37.1. The highest BCUT2D eigenvalue weighted by Gasteiger charge is 2.25. The summed E-state index contributed by atoms with van der Waals surface area (Å²) in [5.74, 6) is 1.73. The van der Waals surface area contributed by atoms with Crippen LogP contribution >= 0.6 is 0 Å². The van der Waals surface area contributed by atoms with Crippen LogP contribution in [0.5, 0.6) is 0 Å². The molecule has 10 aromatic carbocycles. The van der Waals surface area contributed by atoms with Gasteiger partial charge in [0.15, 0.2) is 23.1 Å². The van der Waals surface area contributed by atoms with Gasteiger partial charge in [0.1, 0.15) is 5.58 Å². The zero-order chi connectivity index (χ0) is 42.4. The summed E-state index contributed by atoms with van der Waals surface area (Å²) in [5, 5.41) is 6.44. The molecule has 0 N–H and O–H groups in total. The van der Waals surface area contributed by atoms with E-state index in [1.807, 2.05) is 30.3 Å². The Morgan fingerprint density at radius 2 is 0.781 bits per heavy atom. The summed E-state index contributed by atoms with van der Waals surface area (Å²) in [6, 6.07) is 80.6. The highest BCUT2D eigenvalue weighted by atomic mass is 16.3. The Hall–Kier alpha value is -8.67. The average Bonchev–Trinajstić information content (AvgIpc) is 3.75. The molecule has 0 spiro atoms. The largest absolute Gasteiger partial charge is 0.453 e. The third-order valence-corrected chi connectivity index (χ3v) is 12.1. The van der Waals surface area contributed by atoms with E-state index in [1.165, 1.54) is 11.1 Å². The SMILES string of the molecule is c1ccc(-c2ccc(N(c3ccc(-c4ccccc4)cc3)c3c4ccccc4cc4c3oc3c(-c5nc(-c6ccccc6)nc(-c6ccc7ccccc7c6)n5)cccc34)cc2)cc1. The molecule has 0 aliphatic carbocycles. The van der Waals surface area contributed by atoms with Crippen molar-refractivity contribution < 1.29 is 4.42 Å². The van der Waals surface area contributed by atoms with Crippen LogP contribution < -0.4 is 4.90 Å². The number of nitrogens with zero attached hydrogens (tertiary/aromatic N) is 4. The van der Waals surface area contributed by atoms with Crippen molar-refractivity contribution in [2.45, 2.75) is 0 Å². The van der Waals surface area contributed by atoms with Crippen molar-refractivity contribution in [3.63, 3.8) is 0 Å². The minimum absolute atomic E-state index is 0.539. The van der Waals surface area contributed by atoms with Crippen molar-refractivity contribution in [3.05, 3.63) is 231 Å². The van der Waals surface area contributed by atoms with E-state index in [2.05, 4.69) is 205 Å². The van der Waals surface area contributed by atoms with Crippen molar-refractivity contribution >= 4 is 60.5 Å². The van der Waals surface area contributed by atoms with Crippen molar-refractivity contribution in [2.75, 3.05) is 4.90 Å². The van der Waals surface area contributed by atoms with Gasteiger partial charge in [0.05, 0.1) is 11.3 Å². The van der Waals surface area contributed by atoms with Crippen LogP contribution in [0.25, 0.3) is 99.9 Å². The second-order valence-electron chi connectivity index (χ2n) is 16.0. The van der Waals surface area contributed by atoms with Gasteiger partial charge in [0.2, 0.25) is 0 Å². The number of hydrogen-bond acceptors (Lipinski definition) is 5. The zero-order valence-corrected chi connectivity index (χ0v) is 34.6. The first-order valence-electron chi connectivity index (χ1n) is 21.5. The van der Waals surface area contributed by atoms with Gasteiger partial charge in [-0.25, -0.2) is 15.0 Å². The van der Waals surface area contributed by atoms with E-state index < -0.39 is 0 Å². The zero-order valence-electron chi connectivity index (χ0n) is 34.6. The molecule has 2 heterocycles. The van der Waals surface area contributed by atoms with E-state index >= 15 is 0 Å². The molecule has 0 atom stereocenters. The van der Waals surface area contributed by atoms with Crippen LogP contribution in [0.3, 0.4) is 0 Å². The number of para-hydroxylation sites is 1. The van der Waals surface area contributed by atoms with E-state index in [0.717, 1.165) is 82.8 Å². The number of fused-ring (bicyclic) bond motifs is 5. The summed E-state index contributed by atoms with van der Waals surface area (Å²) in [7, 11) is 0. The fraction of sp³-hybridized carbons (Fsp3) is 0. The third-order valence-electron chi connectivity index (χ3n) is 12.1. The standard InChI is InChI=1S/C59H38N4O/c1-4-15-39(16-5-1)42-29-33-48(34-30-42)63(49-35-31-43(32-36-49)40-17-6-2-7-18-40)54-50-24-13-12-23-46(50)38-53-51-25-14-26-52(55(51)64-56(53)54)59-61-57(44-20-8-3-9-21-44)60-58(62-59)47-28-27-41-19-10-11-22-45(41)37-47/h1-38H. The van der Waals surface area contributed by atoms with Gasteiger partial charge in [-0.15, -0.1) is 0 Å². The molecule has 5 heteroatoms. The first-order valence-corrected chi connectivity index (χ1v) is 21.5. The van der Waals surface area contributed by atoms with Crippen molar-refractivity contribution in [1.29, 1.82) is 0 Å². The fourth-order valence-electron chi connectivity index (χ4n) is 8.92. The second-order valence-corrected chi connectivity index (χ2v) is 16.0. The van der Waals surface area contributed by atoms with Gasteiger partial charge < -0.3 is 9.32 Å². The maximum Gasteiger partial charge on any atom is 0.167 e. The minimum atomic E-state index is 0.539. The summed E-state index contributed by atoms with van der Waals surface area (Å²) < 4.78 is 7.29. The van der Waals surface area contributed by atoms with Gasteiger partial charge in [-0.2, -0.15) is 0 Å². The highest BCUT2D eigenvalue weighted by molar-refractivity contribution is 6.20. The van der Waals surface area contributed by atoms with E-state index in [-0.39, 0.29) is 0 Å². The van der Waals surface area contributed by atoms with Crippen LogP contribution in [0.15, 0.2) is 235 Å². The van der Waals surface area contributed by atoms with E-state index in [9.17, 15) is 0 Å². The highest BCUT2D eigenvalue weighted by Crippen LogP contribution is 2.48. The Bertz CT molecular complexity index is 3560. The molecule has 5 nitrogen and oxygen atoms in total. The Balaban J connectivity index is 1.09. The summed E-state index contributed by atoms with van der Waals surface area (Å²) in [4.78, 5) is 17.8. The summed E-state index contributed by atoms with van der Waals surface area (Å²) in [6.07, 6.45) is 0. The monoisotopic (exact) mass is 818 g/mol. The van der Waals surface area contributed by atoms with E-state index in [4.69, 9.17) is 19.4 Å². The molecule has 12 rings (SSSR count). The third kappa shape index (κ3) is 6.64. The maximum atomic E-state index is 7.29. The summed E-state index contributed by atoms with van der Waals surface area (Å²) in [5.41, 5.74) is 11.7. The molecule has 64 heavy (non-hydrogen) atoms. The topological polar surface area (TPSA) is 55.1 Å². The number of rotatable bonds is 8. The van der Waals surface area contributed by atoms with Gasteiger partial charge in [0.25, 0.3) is 0 Å². The lowest BCUT2D eigenvalue weighted by atomic mass is 10.00. The maximum absolute atomic E-state index is 7.29. The lowest BCUT2D eigenvalue weighted by molar-refractivity contribution is 0.670. The van der Waals surface area contributed by atoms with Crippen molar-refractivity contribution in [3.8, 4) is 56.4 Å². The molecule has 300 valence electrons. The molecule has 0 saturated carbocycles. The minimum Gasteiger partial charge on any atom is -0.453 e. The molecule has 0 radical (unpaired) electrons. The fourth-order valence-corrected chi connectivity index (χ4v) is 8.92. The van der Waals surface area contributed by atoms with Crippen LogP contribution in [0.2, 0.25) is 0 Å². The molecular formula is C59H38N4O. The normalized spacial score (nSPS) is 11.4. The Labute approximate surface area is 370 Å². The van der Waals surface area contributed by atoms with E-state index in [0.29, 0.717) is 23.1 Å². The molecule has 0 saturated heterocycles. The Kier molecular flexibility index (Phi) is 9.08. The molecule has 0 fully saturated rings. The van der Waals surface area contributed by atoms with Crippen molar-refractivity contribution in [1.82, 2.24) is 15.0 Å². The summed E-state index contributed by atoms with van der Waals surface area (Å²) >= 11 is 0. The van der Waals surface area contributed by atoms with Crippen molar-refractivity contribution in [2.24, 2.45) is 0 Å². The van der Waals surface area contributed by atoms with Gasteiger partial charge in [-0.1, -0.05) is 188 Å². The molecule has 0 bridgehead atoms. The number of hydrogen-bond donors (Lipinski definition) is 0. The predicted molar refractivity (Wildman–Crippen MR) is 264 cm³/mol. The van der Waals surface area contributed by atoms with Crippen LogP contribution in [0, 0.1) is 0 Å². The summed E-state index contributed by atoms with van der Waals surface area (Å²) in [6.45, 7) is 0. The molecular weight excluding hydrogens is 781 g/mol. The first-order chi connectivity index (χ1) is 31.7. The van der Waals surface area contributed by atoms with Gasteiger partial charge in [-0.05, 0) is 80.9 Å². The lowest BCUT2D eigenvalue weighted by Crippen LogP contribution is -2.11. The molecule has 0 amide bonds. The van der Waals surface area contributed by atoms with Crippen LogP contribution in [-0.4, -0.2) is 15.0 Å². The van der Waals surface area contributed by atoms with Crippen LogP contribution in [0.4, 0.5) is 17.1 Å². The molecule has 2 aromatic heterocycles. The Morgan fingerprint density at radius 1 is 0.297 bits per heavy atom. The predicted octanol–water partition coefficient (Wildman–Crippen LogP) is 15.9. The number of benzene rings is 10. The number of furan rings is 1. The smallest absolute Gasteiger partial charge is 0.167 e. The average molecular weight is 819 g/mol. The van der Waals surface area contributed by atoms with E-state index in [1.54, 1.807) is 0 Å². The van der Waals surface area contributed by atoms with Crippen LogP contribution in [0.1, 0.15) is 0 Å². The molecule has 12 aromatic rings. The lowest BCUT2D eigenvalue weighted by Gasteiger charge is -2.27. The number of aromatic nitrogens is 3. The Morgan fingerprint density at radius 3 is 1.42 bits per heavy atom. The van der Waals surface area contributed by atoms with Gasteiger partial charge >= 0.3 is 0 Å². The van der Waals surface area contributed by atoms with Gasteiger partial charge in [0, 0.05) is 38.7 Å². The number of anilines is 3. The molecule has 0 unspecified atom stereocenters.